The SMILES string of the molecule is C#CCOS(=O)(=O)CCCOS(=O)(=O)CC. The van der Waals surface area contributed by atoms with Gasteiger partial charge < -0.3 is 0 Å². The molecular weight excluding hydrogens is 256 g/mol. The van der Waals surface area contributed by atoms with Crippen LogP contribution in [0, 0.1) is 12.3 Å². The minimum atomic E-state index is -3.69. The minimum Gasteiger partial charge on any atom is -0.270 e. The van der Waals surface area contributed by atoms with Gasteiger partial charge in [0.15, 0.2) is 0 Å². The fourth-order valence-corrected chi connectivity index (χ4v) is 2.06. The van der Waals surface area contributed by atoms with Crippen LogP contribution in [0.25, 0.3) is 0 Å². The van der Waals surface area contributed by atoms with Crippen molar-refractivity contribution in [1.29, 1.82) is 0 Å². The van der Waals surface area contributed by atoms with Crippen LogP contribution in [0.1, 0.15) is 13.3 Å². The lowest BCUT2D eigenvalue weighted by Crippen LogP contribution is -2.15. The van der Waals surface area contributed by atoms with E-state index in [4.69, 9.17) is 6.42 Å². The van der Waals surface area contributed by atoms with Gasteiger partial charge in [-0.1, -0.05) is 5.92 Å². The number of terminal acetylenes is 1. The maximum Gasteiger partial charge on any atom is 0.268 e. The largest absolute Gasteiger partial charge is 0.270 e. The van der Waals surface area contributed by atoms with Crippen molar-refractivity contribution in [2.24, 2.45) is 0 Å². The molecule has 0 aromatic carbocycles. The van der Waals surface area contributed by atoms with Crippen molar-refractivity contribution in [2.45, 2.75) is 13.3 Å². The molecule has 0 aliphatic heterocycles. The van der Waals surface area contributed by atoms with Crippen molar-refractivity contribution in [3.8, 4) is 12.3 Å². The van der Waals surface area contributed by atoms with Crippen molar-refractivity contribution in [3.05, 3.63) is 0 Å². The zero-order valence-electron chi connectivity index (χ0n) is 8.88. The lowest BCUT2D eigenvalue weighted by molar-refractivity contribution is 0.313. The fraction of sp³-hybridized carbons (Fsp3) is 0.750. The van der Waals surface area contributed by atoms with Crippen LogP contribution in [0.2, 0.25) is 0 Å². The molecule has 0 unspecified atom stereocenters. The molecule has 0 radical (unpaired) electrons. The van der Waals surface area contributed by atoms with Gasteiger partial charge in [-0.25, -0.2) is 0 Å². The van der Waals surface area contributed by atoms with Gasteiger partial charge in [-0.15, -0.1) is 6.42 Å². The summed E-state index contributed by atoms with van der Waals surface area (Å²) < 4.78 is 52.7. The Labute approximate surface area is 96.2 Å². The van der Waals surface area contributed by atoms with Crippen molar-refractivity contribution in [1.82, 2.24) is 0 Å². The Morgan fingerprint density at radius 2 is 1.75 bits per heavy atom. The Kier molecular flexibility index (Phi) is 6.59. The first-order valence-electron chi connectivity index (χ1n) is 4.50. The summed E-state index contributed by atoms with van der Waals surface area (Å²) in [6.45, 7) is 0.924. The van der Waals surface area contributed by atoms with E-state index in [-0.39, 0.29) is 31.1 Å². The maximum atomic E-state index is 11.1. The molecule has 8 heteroatoms. The summed E-state index contributed by atoms with van der Waals surface area (Å²) in [5.74, 6) is 1.55. The Bertz CT molecular complexity index is 428. The van der Waals surface area contributed by atoms with E-state index in [0.29, 0.717) is 0 Å². The van der Waals surface area contributed by atoms with Gasteiger partial charge in [0.05, 0.1) is 18.1 Å². The highest BCUT2D eigenvalue weighted by molar-refractivity contribution is 7.87. The molecule has 0 aromatic heterocycles. The van der Waals surface area contributed by atoms with Gasteiger partial charge in [0, 0.05) is 0 Å². The van der Waals surface area contributed by atoms with Crippen LogP contribution in [0.15, 0.2) is 0 Å². The van der Waals surface area contributed by atoms with Gasteiger partial charge in [-0.3, -0.25) is 8.37 Å². The third-order valence-corrected chi connectivity index (χ3v) is 3.98. The molecule has 0 saturated heterocycles. The molecule has 0 atom stereocenters. The quantitative estimate of drug-likeness (QED) is 0.342. The Morgan fingerprint density at radius 3 is 2.25 bits per heavy atom. The van der Waals surface area contributed by atoms with E-state index < -0.39 is 20.2 Å². The van der Waals surface area contributed by atoms with Crippen LogP contribution in [0.3, 0.4) is 0 Å². The van der Waals surface area contributed by atoms with E-state index in [1.807, 2.05) is 5.92 Å². The van der Waals surface area contributed by atoms with E-state index in [1.54, 1.807) is 0 Å². The molecule has 0 fully saturated rings. The van der Waals surface area contributed by atoms with Crippen LogP contribution < -0.4 is 0 Å². The number of rotatable bonds is 8. The molecule has 94 valence electrons. The summed E-state index contributed by atoms with van der Waals surface area (Å²) in [6, 6.07) is 0. The van der Waals surface area contributed by atoms with Crippen LogP contribution in [-0.4, -0.2) is 41.6 Å². The highest BCUT2D eigenvalue weighted by atomic mass is 32.2. The van der Waals surface area contributed by atoms with Gasteiger partial charge in [-0.2, -0.15) is 16.8 Å². The van der Waals surface area contributed by atoms with E-state index in [1.165, 1.54) is 6.92 Å². The first-order chi connectivity index (χ1) is 7.33. The van der Waals surface area contributed by atoms with Crippen LogP contribution in [-0.2, 0) is 28.6 Å². The highest BCUT2D eigenvalue weighted by Gasteiger charge is 2.12. The molecule has 6 nitrogen and oxygen atoms in total. The van der Waals surface area contributed by atoms with Gasteiger partial charge in [0.2, 0.25) is 0 Å². The smallest absolute Gasteiger partial charge is 0.268 e. The molecule has 0 rings (SSSR count). The molecule has 0 saturated carbocycles. The summed E-state index contributed by atoms with van der Waals surface area (Å²) in [5.41, 5.74) is 0. The molecule has 0 aliphatic rings. The summed E-state index contributed by atoms with van der Waals surface area (Å²) in [6.07, 6.45) is 4.86. The maximum absolute atomic E-state index is 11.1. The van der Waals surface area contributed by atoms with Crippen LogP contribution >= 0.6 is 0 Å². The topological polar surface area (TPSA) is 86.7 Å². The molecular formula is C8H14O6S2. The Balaban J connectivity index is 3.88. The first-order valence-corrected chi connectivity index (χ1v) is 7.66. The molecule has 16 heavy (non-hydrogen) atoms. The van der Waals surface area contributed by atoms with E-state index in [2.05, 4.69) is 8.37 Å². The second-order valence-electron chi connectivity index (χ2n) is 2.75. The second-order valence-corrected chi connectivity index (χ2v) is 6.44. The molecule has 0 spiro atoms. The van der Waals surface area contributed by atoms with Crippen molar-refractivity contribution < 1.29 is 25.2 Å². The van der Waals surface area contributed by atoms with Gasteiger partial charge >= 0.3 is 0 Å². The normalized spacial score (nSPS) is 12.2. The van der Waals surface area contributed by atoms with Crippen LogP contribution in [0.5, 0.6) is 0 Å². The van der Waals surface area contributed by atoms with Crippen molar-refractivity contribution in [3.63, 3.8) is 0 Å². The fourth-order valence-electron chi connectivity index (χ4n) is 0.688. The van der Waals surface area contributed by atoms with E-state index in [0.717, 1.165) is 0 Å². The average molecular weight is 270 g/mol. The molecule has 0 aliphatic carbocycles. The summed E-state index contributed by atoms with van der Waals surface area (Å²) in [5, 5.41) is 0. The van der Waals surface area contributed by atoms with Crippen LogP contribution in [0.4, 0.5) is 0 Å². The van der Waals surface area contributed by atoms with Gasteiger partial charge in [-0.05, 0) is 13.3 Å². The summed E-state index contributed by atoms with van der Waals surface area (Å²) >= 11 is 0. The second kappa shape index (κ2) is 6.85. The first kappa shape index (κ1) is 15.4. The average Bonchev–Trinajstić information content (AvgIpc) is 2.22. The Hall–Kier alpha value is -0.620. The predicted octanol–water partition coefficient (Wildman–Crippen LogP) is -0.278. The third-order valence-electron chi connectivity index (χ3n) is 1.48. The Morgan fingerprint density at radius 1 is 1.12 bits per heavy atom. The standard InChI is InChI=1S/C8H14O6S2/c1-3-6-13-16(11,12)8-5-7-14-15(9,10)4-2/h1H,4-8H2,2H3. The molecule has 0 heterocycles. The molecule has 0 bridgehead atoms. The zero-order valence-corrected chi connectivity index (χ0v) is 10.5. The monoisotopic (exact) mass is 270 g/mol. The minimum absolute atomic E-state index is 0.0339. The van der Waals surface area contributed by atoms with E-state index >= 15 is 0 Å². The number of hydrogen-bond donors (Lipinski definition) is 0. The van der Waals surface area contributed by atoms with Crippen molar-refractivity contribution in [2.75, 3.05) is 24.7 Å². The van der Waals surface area contributed by atoms with Gasteiger partial charge in [0.25, 0.3) is 20.2 Å². The predicted molar refractivity (Wildman–Crippen MR) is 58.6 cm³/mol. The van der Waals surface area contributed by atoms with Gasteiger partial charge in [0.1, 0.15) is 6.61 Å². The summed E-state index contributed by atoms with van der Waals surface area (Å²) in [4.78, 5) is 0. The van der Waals surface area contributed by atoms with Crippen molar-refractivity contribution >= 4 is 20.2 Å². The lowest BCUT2D eigenvalue weighted by atomic mass is 10.5. The molecule has 0 amide bonds. The van der Waals surface area contributed by atoms with E-state index in [9.17, 15) is 16.8 Å². The molecule has 0 N–H and O–H groups in total. The lowest BCUT2D eigenvalue weighted by Gasteiger charge is -2.04. The number of hydrogen-bond acceptors (Lipinski definition) is 6. The zero-order chi connectivity index (χ0) is 12.7. The third kappa shape index (κ3) is 7.64. The highest BCUT2D eigenvalue weighted by Crippen LogP contribution is 1.99. The summed E-state index contributed by atoms with van der Waals surface area (Å²) in [7, 11) is -7.21. The molecule has 0 aromatic rings.